The lowest BCUT2D eigenvalue weighted by Gasteiger charge is -2.28. The third-order valence-electron chi connectivity index (χ3n) is 3.99. The van der Waals surface area contributed by atoms with E-state index < -0.39 is 0 Å². The number of ketones is 1. The van der Waals surface area contributed by atoms with E-state index >= 15 is 0 Å². The van der Waals surface area contributed by atoms with Gasteiger partial charge in [0.05, 0.1) is 0 Å². The fourth-order valence-corrected chi connectivity index (χ4v) is 2.99. The van der Waals surface area contributed by atoms with Gasteiger partial charge in [0.25, 0.3) is 0 Å². The van der Waals surface area contributed by atoms with E-state index in [4.69, 9.17) is 0 Å². The molecule has 0 heterocycles. The zero-order valence-electron chi connectivity index (χ0n) is 11.1. The highest BCUT2D eigenvalue weighted by Gasteiger charge is 2.28. The van der Waals surface area contributed by atoms with E-state index in [1.165, 1.54) is 12.8 Å². The molecule has 0 bridgehead atoms. The van der Waals surface area contributed by atoms with Gasteiger partial charge in [0.15, 0.2) is 0 Å². The summed E-state index contributed by atoms with van der Waals surface area (Å²) in [6.45, 7) is 2.21. The van der Waals surface area contributed by atoms with Crippen LogP contribution in [0.5, 0.6) is 5.75 Å². The second-order valence-electron chi connectivity index (χ2n) is 5.46. The van der Waals surface area contributed by atoms with E-state index in [1.807, 2.05) is 12.1 Å². The zero-order valence-corrected chi connectivity index (χ0v) is 11.1. The van der Waals surface area contributed by atoms with Gasteiger partial charge in [0.2, 0.25) is 0 Å². The fraction of sp³-hybridized carbons (Fsp3) is 0.562. The highest BCUT2D eigenvalue weighted by atomic mass is 16.3. The zero-order chi connectivity index (χ0) is 13.0. The first-order valence-corrected chi connectivity index (χ1v) is 6.99. The van der Waals surface area contributed by atoms with Gasteiger partial charge in [-0.25, -0.2) is 0 Å². The Hall–Kier alpha value is -1.31. The van der Waals surface area contributed by atoms with Gasteiger partial charge in [-0.3, -0.25) is 4.79 Å². The molecule has 0 aromatic heterocycles. The van der Waals surface area contributed by atoms with Crippen LogP contribution in [0, 0.1) is 11.8 Å². The first-order valence-electron chi connectivity index (χ1n) is 6.99. The van der Waals surface area contributed by atoms with E-state index in [1.54, 1.807) is 12.1 Å². The van der Waals surface area contributed by atoms with Crippen molar-refractivity contribution in [2.75, 3.05) is 0 Å². The molecule has 0 radical (unpaired) electrons. The summed E-state index contributed by atoms with van der Waals surface area (Å²) in [7, 11) is 0. The Morgan fingerprint density at radius 3 is 2.67 bits per heavy atom. The maximum atomic E-state index is 12.0. The number of hydrogen-bond donors (Lipinski definition) is 1. The third-order valence-corrected chi connectivity index (χ3v) is 3.99. The number of hydrogen-bond acceptors (Lipinski definition) is 2. The average molecular weight is 246 g/mol. The molecule has 1 aliphatic carbocycles. The van der Waals surface area contributed by atoms with Crippen LogP contribution in [0.2, 0.25) is 0 Å². The standard InChI is InChI=1S/C16H22O2/c1-2-3-12-6-9-16(18)14(10-12)11-13-4-7-15(17)8-5-13/h4-5,7-8,12,14,17H,2-3,6,9-11H2,1H3. The van der Waals surface area contributed by atoms with Crippen molar-refractivity contribution in [3.8, 4) is 5.75 Å². The Kier molecular flexibility index (Phi) is 4.40. The van der Waals surface area contributed by atoms with Gasteiger partial charge in [-0.05, 0) is 42.9 Å². The molecule has 1 aliphatic rings. The van der Waals surface area contributed by atoms with Crippen molar-refractivity contribution >= 4 is 5.78 Å². The summed E-state index contributed by atoms with van der Waals surface area (Å²) in [6, 6.07) is 7.25. The molecular weight excluding hydrogens is 224 g/mol. The summed E-state index contributed by atoms with van der Waals surface area (Å²) < 4.78 is 0. The molecule has 1 saturated carbocycles. The highest BCUT2D eigenvalue weighted by Crippen LogP contribution is 2.31. The molecule has 1 aromatic rings. The Bertz CT molecular complexity index is 394. The number of benzene rings is 1. The summed E-state index contributed by atoms with van der Waals surface area (Å²) in [6.07, 6.45) is 6.18. The Morgan fingerprint density at radius 1 is 1.28 bits per heavy atom. The van der Waals surface area contributed by atoms with Crippen molar-refractivity contribution in [2.45, 2.75) is 45.4 Å². The van der Waals surface area contributed by atoms with Crippen LogP contribution in [0.3, 0.4) is 0 Å². The molecular formula is C16H22O2. The molecule has 0 saturated heterocycles. The smallest absolute Gasteiger partial charge is 0.136 e. The van der Waals surface area contributed by atoms with Crippen LogP contribution in [0.15, 0.2) is 24.3 Å². The maximum Gasteiger partial charge on any atom is 0.136 e. The van der Waals surface area contributed by atoms with Crippen molar-refractivity contribution in [3.05, 3.63) is 29.8 Å². The largest absolute Gasteiger partial charge is 0.508 e. The van der Waals surface area contributed by atoms with E-state index in [0.717, 1.165) is 37.2 Å². The first-order chi connectivity index (χ1) is 8.69. The van der Waals surface area contributed by atoms with Gasteiger partial charge in [-0.15, -0.1) is 0 Å². The van der Waals surface area contributed by atoms with Gasteiger partial charge in [-0.1, -0.05) is 31.9 Å². The molecule has 2 rings (SSSR count). The lowest BCUT2D eigenvalue weighted by molar-refractivity contribution is -0.125. The van der Waals surface area contributed by atoms with E-state index in [0.29, 0.717) is 5.78 Å². The van der Waals surface area contributed by atoms with Crippen LogP contribution >= 0.6 is 0 Å². The second-order valence-corrected chi connectivity index (χ2v) is 5.46. The monoisotopic (exact) mass is 246 g/mol. The second kappa shape index (κ2) is 6.03. The number of phenolic OH excluding ortho intramolecular Hbond substituents is 1. The maximum absolute atomic E-state index is 12.0. The van der Waals surface area contributed by atoms with Gasteiger partial charge in [0, 0.05) is 12.3 Å². The van der Waals surface area contributed by atoms with Crippen LogP contribution in [-0.4, -0.2) is 10.9 Å². The SMILES string of the molecule is CCCC1CCC(=O)C(Cc2ccc(O)cc2)C1. The van der Waals surface area contributed by atoms with Gasteiger partial charge < -0.3 is 5.11 Å². The predicted octanol–water partition coefficient (Wildman–Crippen LogP) is 3.72. The van der Waals surface area contributed by atoms with Gasteiger partial charge in [0.1, 0.15) is 11.5 Å². The van der Waals surface area contributed by atoms with Crippen molar-refractivity contribution in [2.24, 2.45) is 11.8 Å². The summed E-state index contributed by atoms with van der Waals surface area (Å²) in [5.41, 5.74) is 1.16. The minimum Gasteiger partial charge on any atom is -0.508 e. The summed E-state index contributed by atoms with van der Waals surface area (Å²) in [4.78, 5) is 12.0. The highest BCUT2D eigenvalue weighted by molar-refractivity contribution is 5.82. The van der Waals surface area contributed by atoms with Crippen LogP contribution in [0.1, 0.15) is 44.6 Å². The molecule has 1 aromatic carbocycles. The minimum atomic E-state index is 0.194. The number of carbonyl (C=O) groups is 1. The van der Waals surface area contributed by atoms with Crippen molar-refractivity contribution in [1.82, 2.24) is 0 Å². The topological polar surface area (TPSA) is 37.3 Å². The summed E-state index contributed by atoms with van der Waals surface area (Å²) in [5.74, 6) is 1.64. The summed E-state index contributed by atoms with van der Waals surface area (Å²) in [5, 5.41) is 9.26. The van der Waals surface area contributed by atoms with Gasteiger partial charge in [-0.2, -0.15) is 0 Å². The normalized spacial score (nSPS) is 24.2. The molecule has 0 amide bonds. The molecule has 2 unspecified atom stereocenters. The molecule has 2 heteroatoms. The average Bonchev–Trinajstić information content (AvgIpc) is 2.36. The van der Waals surface area contributed by atoms with Crippen molar-refractivity contribution < 1.29 is 9.90 Å². The Balaban J connectivity index is 1.98. The number of phenols is 1. The lowest BCUT2D eigenvalue weighted by Crippen LogP contribution is -2.26. The first kappa shape index (κ1) is 13.1. The van der Waals surface area contributed by atoms with Crippen LogP contribution in [0.4, 0.5) is 0 Å². The number of rotatable bonds is 4. The molecule has 0 spiro atoms. The van der Waals surface area contributed by atoms with E-state index in [2.05, 4.69) is 6.92 Å². The van der Waals surface area contributed by atoms with Crippen LogP contribution in [-0.2, 0) is 11.2 Å². The molecule has 1 fully saturated rings. The van der Waals surface area contributed by atoms with E-state index in [-0.39, 0.29) is 11.7 Å². The quantitative estimate of drug-likeness (QED) is 0.879. The third kappa shape index (κ3) is 3.34. The molecule has 1 N–H and O–H groups in total. The van der Waals surface area contributed by atoms with Gasteiger partial charge >= 0.3 is 0 Å². The number of carbonyl (C=O) groups excluding carboxylic acids is 1. The van der Waals surface area contributed by atoms with Crippen LogP contribution in [0.25, 0.3) is 0 Å². The molecule has 18 heavy (non-hydrogen) atoms. The molecule has 0 aliphatic heterocycles. The molecule has 98 valence electrons. The fourth-order valence-electron chi connectivity index (χ4n) is 2.99. The van der Waals surface area contributed by atoms with Crippen LogP contribution < -0.4 is 0 Å². The number of aromatic hydroxyl groups is 1. The van der Waals surface area contributed by atoms with Crippen molar-refractivity contribution in [3.63, 3.8) is 0 Å². The summed E-state index contributed by atoms with van der Waals surface area (Å²) >= 11 is 0. The molecule has 2 nitrogen and oxygen atoms in total. The van der Waals surface area contributed by atoms with E-state index in [9.17, 15) is 9.90 Å². The predicted molar refractivity (Wildman–Crippen MR) is 72.6 cm³/mol. The Morgan fingerprint density at radius 2 is 2.00 bits per heavy atom. The van der Waals surface area contributed by atoms with Crippen molar-refractivity contribution in [1.29, 1.82) is 0 Å². The molecule has 2 atom stereocenters. The minimum absolute atomic E-state index is 0.194. The lowest BCUT2D eigenvalue weighted by atomic mass is 9.76. The number of Topliss-reactive ketones (excluding diaryl/α,β-unsaturated/α-hetero) is 1. The Labute approximate surface area is 109 Å².